The lowest BCUT2D eigenvalue weighted by Gasteiger charge is -2.02. The highest BCUT2D eigenvalue weighted by atomic mass is 19.1. The van der Waals surface area contributed by atoms with Gasteiger partial charge < -0.3 is 0 Å². The molecule has 0 aliphatic rings. The van der Waals surface area contributed by atoms with E-state index in [1.165, 1.54) is 0 Å². The van der Waals surface area contributed by atoms with Gasteiger partial charge in [-0.05, 0) is 18.8 Å². The van der Waals surface area contributed by atoms with Crippen LogP contribution in [0.5, 0.6) is 0 Å². The minimum absolute atomic E-state index is 0.340. The van der Waals surface area contributed by atoms with Crippen molar-refractivity contribution < 1.29 is 4.39 Å². The van der Waals surface area contributed by atoms with Crippen LogP contribution >= 0.6 is 0 Å². The maximum atomic E-state index is 11.5. The molecule has 0 rings (SSSR count). The zero-order chi connectivity index (χ0) is 9.11. The molecule has 11 heavy (non-hydrogen) atoms. The van der Waals surface area contributed by atoms with E-state index in [2.05, 4.69) is 6.58 Å². The zero-order valence-corrected chi connectivity index (χ0v) is 7.81. The molecule has 0 bridgehead atoms. The van der Waals surface area contributed by atoms with E-state index in [0.29, 0.717) is 12.2 Å². The van der Waals surface area contributed by atoms with Crippen LogP contribution in [0, 0.1) is 5.92 Å². The summed E-state index contributed by atoms with van der Waals surface area (Å²) in [7, 11) is 0. The Morgan fingerprint density at radius 3 is 2.27 bits per heavy atom. The molecule has 0 saturated heterocycles. The summed E-state index contributed by atoms with van der Waals surface area (Å²) in [6.07, 6.45) is 5.84. The van der Waals surface area contributed by atoms with Crippen molar-refractivity contribution in [2.24, 2.45) is 5.92 Å². The molecule has 0 aliphatic carbocycles. The summed E-state index contributed by atoms with van der Waals surface area (Å²) < 4.78 is 11.5. The Hall–Kier alpha value is -0.590. The Balaban J connectivity index is 0. The Kier molecular flexibility index (Phi) is 14.4. The van der Waals surface area contributed by atoms with Crippen molar-refractivity contribution in [1.29, 1.82) is 0 Å². The summed E-state index contributed by atoms with van der Waals surface area (Å²) in [5, 5.41) is 0. The van der Waals surface area contributed by atoms with E-state index >= 15 is 0 Å². The van der Waals surface area contributed by atoms with Crippen molar-refractivity contribution in [1.82, 2.24) is 0 Å². The summed E-state index contributed by atoms with van der Waals surface area (Å²) >= 11 is 0. The third kappa shape index (κ3) is 9.41. The summed E-state index contributed by atoms with van der Waals surface area (Å²) in [5.41, 5.74) is 0. The highest BCUT2D eigenvalue weighted by Crippen LogP contribution is 2.09. The third-order valence-corrected chi connectivity index (χ3v) is 1.34. The quantitative estimate of drug-likeness (QED) is 0.540. The molecule has 66 valence electrons. The van der Waals surface area contributed by atoms with Crippen LogP contribution in [0.25, 0.3) is 0 Å². The van der Waals surface area contributed by atoms with Crippen LogP contribution in [0.15, 0.2) is 25.1 Å². The van der Waals surface area contributed by atoms with Gasteiger partial charge in [-0.15, -0.1) is 6.58 Å². The van der Waals surface area contributed by atoms with E-state index in [0.717, 1.165) is 12.8 Å². The topological polar surface area (TPSA) is 0 Å². The van der Waals surface area contributed by atoms with E-state index in [4.69, 9.17) is 0 Å². The first kappa shape index (κ1) is 13.0. The fraction of sp³-hybridized carbons (Fsp3) is 0.600. The average molecular weight is 158 g/mol. The van der Waals surface area contributed by atoms with Gasteiger partial charge in [0.15, 0.2) is 0 Å². The molecule has 1 atom stereocenters. The number of hydrogen-bond acceptors (Lipinski definition) is 0. The maximum Gasteiger partial charge on any atom is 0.0829 e. The minimum Gasteiger partial charge on any atom is -0.216 e. The van der Waals surface area contributed by atoms with E-state index in [1.54, 1.807) is 6.08 Å². The lowest BCUT2D eigenvalue weighted by atomic mass is 10.0. The van der Waals surface area contributed by atoms with Gasteiger partial charge >= 0.3 is 0 Å². The summed E-state index contributed by atoms with van der Waals surface area (Å²) in [4.78, 5) is 0. The number of hydrogen-bond donors (Lipinski definition) is 0. The minimum atomic E-state index is 0.340. The van der Waals surface area contributed by atoms with Gasteiger partial charge in [0.05, 0.1) is 6.33 Å². The molecular formula is C10H19F. The zero-order valence-electron chi connectivity index (χ0n) is 7.81. The molecule has 0 aromatic carbocycles. The first-order valence-corrected chi connectivity index (χ1v) is 4.22. The smallest absolute Gasteiger partial charge is 0.0829 e. The van der Waals surface area contributed by atoms with Crippen molar-refractivity contribution in [2.75, 3.05) is 0 Å². The second kappa shape index (κ2) is 12.1. The van der Waals surface area contributed by atoms with Gasteiger partial charge in [0.25, 0.3) is 0 Å². The van der Waals surface area contributed by atoms with E-state index < -0.39 is 0 Å². The van der Waals surface area contributed by atoms with Crippen LogP contribution in [0.1, 0.15) is 33.6 Å². The third-order valence-electron chi connectivity index (χ3n) is 1.34. The monoisotopic (exact) mass is 158 g/mol. The average Bonchev–Trinajstić information content (AvgIpc) is 2.08. The molecule has 1 unspecified atom stereocenters. The number of halogens is 1. The molecule has 0 spiro atoms. The van der Waals surface area contributed by atoms with Crippen molar-refractivity contribution in [2.45, 2.75) is 33.6 Å². The fourth-order valence-electron chi connectivity index (χ4n) is 0.698. The molecule has 0 aromatic heterocycles. The largest absolute Gasteiger partial charge is 0.216 e. The van der Waals surface area contributed by atoms with Crippen LogP contribution in [0.3, 0.4) is 0 Å². The normalized spacial score (nSPS) is 12.0. The number of rotatable bonds is 4. The summed E-state index contributed by atoms with van der Waals surface area (Å²) in [5.74, 6) is 0.340. The molecule has 0 amide bonds. The van der Waals surface area contributed by atoms with Crippen LogP contribution in [-0.4, -0.2) is 0 Å². The van der Waals surface area contributed by atoms with Gasteiger partial charge in [-0.25, -0.2) is 4.39 Å². The summed E-state index contributed by atoms with van der Waals surface area (Å²) in [6.45, 7) is 9.61. The van der Waals surface area contributed by atoms with Crippen LogP contribution in [0.2, 0.25) is 0 Å². The lowest BCUT2D eigenvalue weighted by molar-refractivity contribution is 0.614. The second-order valence-corrected chi connectivity index (χ2v) is 2.01. The predicted octanol–water partition coefficient (Wildman–Crippen LogP) is 4.10. The molecule has 0 radical (unpaired) electrons. The molecule has 0 fully saturated rings. The van der Waals surface area contributed by atoms with Gasteiger partial charge in [-0.2, -0.15) is 0 Å². The van der Waals surface area contributed by atoms with Gasteiger partial charge in [0, 0.05) is 0 Å². The highest BCUT2D eigenvalue weighted by Gasteiger charge is 1.96. The molecular weight excluding hydrogens is 139 g/mol. The fourth-order valence-corrected chi connectivity index (χ4v) is 0.698. The first-order chi connectivity index (χ1) is 5.35. The highest BCUT2D eigenvalue weighted by molar-refractivity contribution is 4.86. The van der Waals surface area contributed by atoms with Crippen molar-refractivity contribution in [3.8, 4) is 0 Å². The standard InChI is InChI=1S/C8H13F.C2H6/c1-3-5-8(4-2)6-7-9;1-2/h3,6-8H,1,4-5H2,2H3;1-2H3/b7-6+;. The molecule has 1 heteroatoms. The molecule has 0 saturated carbocycles. The van der Waals surface area contributed by atoms with Crippen molar-refractivity contribution >= 4 is 0 Å². The van der Waals surface area contributed by atoms with Gasteiger partial charge in [0.2, 0.25) is 0 Å². The Morgan fingerprint density at radius 1 is 1.45 bits per heavy atom. The first-order valence-electron chi connectivity index (χ1n) is 4.22. The Bertz CT molecular complexity index is 95.0. The molecule has 0 heterocycles. The molecule has 0 aromatic rings. The number of allylic oxidation sites excluding steroid dienone is 2. The maximum absolute atomic E-state index is 11.5. The summed E-state index contributed by atoms with van der Waals surface area (Å²) in [6, 6.07) is 0. The second-order valence-electron chi connectivity index (χ2n) is 2.01. The van der Waals surface area contributed by atoms with Crippen LogP contribution < -0.4 is 0 Å². The Labute approximate surface area is 69.8 Å². The van der Waals surface area contributed by atoms with Crippen LogP contribution in [-0.2, 0) is 0 Å². The molecule has 0 nitrogen and oxygen atoms in total. The van der Waals surface area contributed by atoms with Crippen molar-refractivity contribution in [3.05, 3.63) is 25.1 Å². The SMILES string of the molecule is C=CCC(/C=C/F)CC.CC. The predicted molar refractivity (Wildman–Crippen MR) is 50.2 cm³/mol. The van der Waals surface area contributed by atoms with Gasteiger partial charge in [0.1, 0.15) is 0 Å². The molecule has 0 N–H and O–H groups in total. The Morgan fingerprint density at radius 2 is 2.00 bits per heavy atom. The molecule has 0 aliphatic heterocycles. The van der Waals surface area contributed by atoms with Gasteiger partial charge in [-0.1, -0.05) is 32.9 Å². The van der Waals surface area contributed by atoms with E-state index in [9.17, 15) is 4.39 Å². The lowest BCUT2D eigenvalue weighted by Crippen LogP contribution is -1.89. The van der Waals surface area contributed by atoms with E-state index in [1.807, 2.05) is 26.8 Å². The van der Waals surface area contributed by atoms with Crippen molar-refractivity contribution in [3.63, 3.8) is 0 Å². The van der Waals surface area contributed by atoms with Crippen LogP contribution in [0.4, 0.5) is 4.39 Å². The van der Waals surface area contributed by atoms with Gasteiger partial charge in [-0.3, -0.25) is 0 Å². The van der Waals surface area contributed by atoms with E-state index in [-0.39, 0.29) is 0 Å².